The van der Waals surface area contributed by atoms with E-state index in [1.54, 1.807) is 12.1 Å². The minimum atomic E-state index is -4.62. The molecule has 1 N–H and O–H groups in total. The summed E-state index contributed by atoms with van der Waals surface area (Å²) in [6, 6.07) is 9.72. The fourth-order valence-electron chi connectivity index (χ4n) is 2.76. The van der Waals surface area contributed by atoms with Crippen LogP contribution in [0.5, 0.6) is 11.5 Å². The number of rotatable bonds is 5. The van der Waals surface area contributed by atoms with Crippen molar-refractivity contribution in [1.82, 2.24) is 4.98 Å². The molecule has 156 valence electrons. The highest BCUT2D eigenvalue weighted by Gasteiger charge is 2.31. The topological polar surface area (TPSA) is 60.5 Å². The number of alkyl halides is 3. The van der Waals surface area contributed by atoms with E-state index in [-0.39, 0.29) is 28.3 Å². The van der Waals surface area contributed by atoms with Gasteiger partial charge in [-0.15, -0.1) is 0 Å². The number of ether oxygens (including phenoxy) is 2. The number of nitrogens with zero attached hydrogens (tertiary/aromatic N) is 1. The number of pyridine rings is 1. The first-order valence-electron chi connectivity index (χ1n) is 8.59. The molecule has 9 heteroatoms. The second-order valence-electron chi connectivity index (χ2n) is 6.15. The molecule has 1 aromatic heterocycles. The average Bonchev–Trinajstić information content (AvgIpc) is 2.72. The number of anilines is 1. The van der Waals surface area contributed by atoms with Crippen molar-refractivity contribution >= 4 is 11.6 Å². The predicted molar refractivity (Wildman–Crippen MR) is 102 cm³/mol. The Morgan fingerprint density at radius 1 is 1.03 bits per heavy atom. The van der Waals surface area contributed by atoms with Crippen LogP contribution in [0.4, 0.5) is 23.2 Å². The molecule has 0 bridgehead atoms. The number of methoxy groups -OCH3 is 2. The van der Waals surface area contributed by atoms with Crippen molar-refractivity contribution in [3.8, 4) is 22.8 Å². The van der Waals surface area contributed by atoms with E-state index in [1.807, 2.05) is 0 Å². The fourth-order valence-corrected chi connectivity index (χ4v) is 2.76. The average molecular weight is 420 g/mol. The van der Waals surface area contributed by atoms with Crippen LogP contribution in [0, 0.1) is 5.82 Å². The molecule has 0 aliphatic heterocycles. The lowest BCUT2D eigenvalue weighted by molar-refractivity contribution is -0.137. The Hall–Kier alpha value is -3.62. The van der Waals surface area contributed by atoms with Crippen molar-refractivity contribution in [1.29, 1.82) is 0 Å². The molecule has 3 rings (SSSR count). The molecule has 1 heterocycles. The van der Waals surface area contributed by atoms with Crippen molar-refractivity contribution in [3.05, 3.63) is 71.7 Å². The molecule has 2 aromatic carbocycles. The van der Waals surface area contributed by atoms with Crippen molar-refractivity contribution < 1.29 is 31.8 Å². The predicted octanol–water partition coefficient (Wildman–Crippen LogP) is 5.18. The number of carbonyl (C=O) groups is 1. The molecule has 0 saturated carbocycles. The Balaban J connectivity index is 1.89. The van der Waals surface area contributed by atoms with Crippen LogP contribution in [0.15, 0.2) is 54.7 Å². The second-order valence-corrected chi connectivity index (χ2v) is 6.15. The van der Waals surface area contributed by atoms with Crippen molar-refractivity contribution in [2.24, 2.45) is 0 Å². The minimum absolute atomic E-state index is 0.0797. The largest absolute Gasteiger partial charge is 0.497 e. The summed E-state index contributed by atoms with van der Waals surface area (Å²) in [7, 11) is 2.63. The quantitative estimate of drug-likeness (QED) is 0.578. The van der Waals surface area contributed by atoms with Crippen LogP contribution in [0.3, 0.4) is 0 Å². The summed E-state index contributed by atoms with van der Waals surface area (Å²) >= 11 is 0. The summed E-state index contributed by atoms with van der Waals surface area (Å²) in [5.41, 5.74) is -0.831. The van der Waals surface area contributed by atoms with Crippen LogP contribution in [0.1, 0.15) is 15.9 Å². The molecule has 0 fully saturated rings. The molecule has 1 amide bonds. The van der Waals surface area contributed by atoms with Crippen LogP contribution < -0.4 is 14.8 Å². The molecule has 0 atom stereocenters. The molecular weight excluding hydrogens is 404 g/mol. The van der Waals surface area contributed by atoms with Crippen LogP contribution in [0.2, 0.25) is 0 Å². The molecule has 0 spiro atoms. The summed E-state index contributed by atoms with van der Waals surface area (Å²) in [4.78, 5) is 16.5. The molecule has 0 radical (unpaired) electrons. The number of benzene rings is 2. The van der Waals surface area contributed by atoms with E-state index in [0.29, 0.717) is 5.75 Å². The normalized spacial score (nSPS) is 11.1. The molecular formula is C21H16F4N2O3. The van der Waals surface area contributed by atoms with Crippen LogP contribution in [0.25, 0.3) is 11.3 Å². The van der Waals surface area contributed by atoms with Gasteiger partial charge >= 0.3 is 6.18 Å². The van der Waals surface area contributed by atoms with Gasteiger partial charge in [0.15, 0.2) is 0 Å². The first-order valence-corrected chi connectivity index (χ1v) is 8.59. The van der Waals surface area contributed by atoms with E-state index >= 15 is 0 Å². The highest BCUT2D eigenvalue weighted by atomic mass is 19.4. The summed E-state index contributed by atoms with van der Waals surface area (Å²) in [6.07, 6.45) is -3.15. The Labute approximate surface area is 169 Å². The number of amides is 1. The van der Waals surface area contributed by atoms with Gasteiger partial charge in [0.05, 0.1) is 19.8 Å². The molecule has 5 nitrogen and oxygen atoms in total. The van der Waals surface area contributed by atoms with Gasteiger partial charge in [0.25, 0.3) is 5.91 Å². The highest BCUT2D eigenvalue weighted by Crippen LogP contribution is 2.34. The fraction of sp³-hybridized carbons (Fsp3) is 0.143. The minimum Gasteiger partial charge on any atom is -0.497 e. The van der Waals surface area contributed by atoms with E-state index in [0.717, 1.165) is 18.2 Å². The maximum atomic E-state index is 14.6. The lowest BCUT2D eigenvalue weighted by Gasteiger charge is -2.13. The van der Waals surface area contributed by atoms with Crippen LogP contribution >= 0.6 is 0 Å². The molecule has 30 heavy (non-hydrogen) atoms. The van der Waals surface area contributed by atoms with Gasteiger partial charge in [0.1, 0.15) is 23.0 Å². The maximum absolute atomic E-state index is 14.6. The zero-order chi connectivity index (χ0) is 21.9. The lowest BCUT2D eigenvalue weighted by atomic mass is 10.1. The lowest BCUT2D eigenvalue weighted by Crippen LogP contribution is -2.14. The number of halogens is 4. The summed E-state index contributed by atoms with van der Waals surface area (Å²) in [5, 5.41) is 2.33. The van der Waals surface area contributed by atoms with Gasteiger partial charge in [-0.3, -0.25) is 9.78 Å². The summed E-state index contributed by atoms with van der Waals surface area (Å²) < 4.78 is 63.8. The third-order valence-corrected chi connectivity index (χ3v) is 4.20. The molecule has 0 aliphatic carbocycles. The van der Waals surface area contributed by atoms with Gasteiger partial charge in [0, 0.05) is 29.1 Å². The van der Waals surface area contributed by atoms with Gasteiger partial charge in [-0.2, -0.15) is 13.2 Å². The van der Waals surface area contributed by atoms with Crippen molar-refractivity contribution in [2.45, 2.75) is 6.18 Å². The van der Waals surface area contributed by atoms with Crippen LogP contribution in [-0.4, -0.2) is 25.1 Å². The summed E-state index contributed by atoms with van der Waals surface area (Å²) in [5.74, 6) is -1.25. The van der Waals surface area contributed by atoms with E-state index in [9.17, 15) is 22.4 Å². The zero-order valence-corrected chi connectivity index (χ0v) is 15.9. The first-order chi connectivity index (χ1) is 14.2. The SMILES string of the molecule is COc1cc(NC(=O)c2ccc(-c3ncccc3OC)c(F)c2)cc(C(F)(F)F)c1. The third-order valence-electron chi connectivity index (χ3n) is 4.20. The highest BCUT2D eigenvalue weighted by molar-refractivity contribution is 6.04. The van der Waals surface area contributed by atoms with E-state index in [1.165, 1.54) is 38.6 Å². The van der Waals surface area contributed by atoms with Crippen molar-refractivity contribution in [2.75, 3.05) is 19.5 Å². The maximum Gasteiger partial charge on any atom is 0.416 e. The number of hydrogen-bond donors (Lipinski definition) is 1. The molecule has 0 aliphatic rings. The van der Waals surface area contributed by atoms with E-state index in [4.69, 9.17) is 9.47 Å². The zero-order valence-electron chi connectivity index (χ0n) is 15.9. The number of nitrogens with one attached hydrogen (secondary N) is 1. The van der Waals surface area contributed by atoms with Gasteiger partial charge < -0.3 is 14.8 Å². The van der Waals surface area contributed by atoms with Gasteiger partial charge in [0.2, 0.25) is 0 Å². The van der Waals surface area contributed by atoms with E-state index in [2.05, 4.69) is 10.3 Å². The number of hydrogen-bond acceptors (Lipinski definition) is 4. The van der Waals surface area contributed by atoms with Crippen LogP contribution in [-0.2, 0) is 6.18 Å². The third kappa shape index (κ3) is 4.51. The summed E-state index contributed by atoms with van der Waals surface area (Å²) in [6.45, 7) is 0. The number of carbonyl (C=O) groups excluding carboxylic acids is 1. The monoisotopic (exact) mass is 420 g/mol. The van der Waals surface area contributed by atoms with Gasteiger partial charge in [-0.25, -0.2) is 4.39 Å². The van der Waals surface area contributed by atoms with E-state index < -0.39 is 23.5 Å². The van der Waals surface area contributed by atoms with Gasteiger partial charge in [-0.1, -0.05) is 0 Å². The van der Waals surface area contributed by atoms with Gasteiger partial charge in [-0.05, 0) is 42.5 Å². The molecule has 3 aromatic rings. The Kier molecular flexibility index (Phi) is 5.91. The first kappa shape index (κ1) is 21.1. The standard InChI is InChI=1S/C21H16F4N2O3/c1-29-15-10-13(21(23,24)25)9-14(11-15)27-20(28)12-5-6-16(17(22)8-12)19-18(30-2)4-3-7-26-19/h3-11H,1-2H3,(H,27,28). The van der Waals surface area contributed by atoms with Crippen molar-refractivity contribution in [3.63, 3.8) is 0 Å². The smallest absolute Gasteiger partial charge is 0.416 e. The molecule has 0 saturated heterocycles. The Bertz CT molecular complexity index is 1080. The Morgan fingerprint density at radius 2 is 1.80 bits per heavy atom. The second kappa shape index (κ2) is 8.40. The molecule has 0 unspecified atom stereocenters. The Morgan fingerprint density at radius 3 is 2.43 bits per heavy atom. The number of aromatic nitrogens is 1.